The van der Waals surface area contributed by atoms with Crippen LogP contribution in [0.4, 0.5) is 10.1 Å². The number of aromatic amines is 1. The summed E-state index contributed by atoms with van der Waals surface area (Å²) in [7, 11) is 1.53. The number of pyridine rings is 1. The Hall–Kier alpha value is -3.24. The number of fused-ring (bicyclic) bond motifs is 1. The van der Waals surface area contributed by atoms with Crippen LogP contribution < -0.4 is 21.5 Å². The van der Waals surface area contributed by atoms with Gasteiger partial charge in [-0.25, -0.2) is 14.2 Å². The van der Waals surface area contributed by atoms with Crippen LogP contribution in [0.5, 0.6) is 0 Å². The van der Waals surface area contributed by atoms with Gasteiger partial charge in [0, 0.05) is 46.3 Å². The Bertz CT molecular complexity index is 1330. The van der Waals surface area contributed by atoms with E-state index in [2.05, 4.69) is 25.1 Å². The molecule has 33 heavy (non-hydrogen) atoms. The van der Waals surface area contributed by atoms with Gasteiger partial charge in [-0.3, -0.25) is 19.1 Å². The molecule has 0 spiro atoms. The first-order valence-corrected chi connectivity index (χ1v) is 11.0. The van der Waals surface area contributed by atoms with Gasteiger partial charge in [0.1, 0.15) is 11.5 Å². The van der Waals surface area contributed by atoms with E-state index in [1.807, 2.05) is 0 Å². The summed E-state index contributed by atoms with van der Waals surface area (Å²) in [6.07, 6.45) is 0. The number of nitrogens with one attached hydrogen (secondary N) is 2. The summed E-state index contributed by atoms with van der Waals surface area (Å²) in [5, 5.41) is 2.68. The van der Waals surface area contributed by atoms with Crippen LogP contribution in [0.3, 0.4) is 0 Å². The number of amides is 1. The van der Waals surface area contributed by atoms with Crippen molar-refractivity contribution in [3.05, 3.63) is 67.3 Å². The molecule has 2 N–H and O–H groups in total. The molecule has 3 aromatic rings. The number of H-pyrrole nitrogens is 1. The molecule has 0 bridgehead atoms. The lowest BCUT2D eigenvalue weighted by Crippen LogP contribution is -2.46. The average Bonchev–Trinajstić information content (AvgIpc) is 2.79. The summed E-state index contributed by atoms with van der Waals surface area (Å²) in [5.41, 5.74) is 0.720. The molecule has 2 aromatic heterocycles. The zero-order valence-electron chi connectivity index (χ0n) is 18.3. The SMILES string of the molecule is CCn1c(=O)[nH]c2cc(CN3CCN(c4ccc(C(=O)NC)nc4Cl)CC3)cc(F)c2c1=O. The Labute approximate surface area is 193 Å². The number of piperazine rings is 1. The third-order valence-corrected chi connectivity index (χ3v) is 6.10. The van der Waals surface area contributed by atoms with Gasteiger partial charge in [-0.05, 0) is 36.8 Å². The maximum Gasteiger partial charge on any atom is 0.328 e. The monoisotopic (exact) mass is 474 g/mol. The van der Waals surface area contributed by atoms with Crippen molar-refractivity contribution in [2.24, 2.45) is 0 Å². The van der Waals surface area contributed by atoms with Crippen molar-refractivity contribution in [2.45, 2.75) is 20.0 Å². The maximum absolute atomic E-state index is 14.7. The smallest absolute Gasteiger partial charge is 0.328 e. The average molecular weight is 475 g/mol. The van der Waals surface area contributed by atoms with Crippen molar-refractivity contribution >= 4 is 34.1 Å². The number of aromatic nitrogens is 3. The number of benzene rings is 1. The zero-order chi connectivity index (χ0) is 23.7. The molecule has 174 valence electrons. The van der Waals surface area contributed by atoms with Gasteiger partial charge in [-0.15, -0.1) is 0 Å². The summed E-state index contributed by atoms with van der Waals surface area (Å²) in [4.78, 5) is 47.3. The molecule has 11 heteroatoms. The van der Waals surface area contributed by atoms with Crippen molar-refractivity contribution in [3.63, 3.8) is 0 Å². The van der Waals surface area contributed by atoms with Crippen LogP contribution >= 0.6 is 11.6 Å². The summed E-state index contributed by atoms with van der Waals surface area (Å²) >= 11 is 6.31. The molecular formula is C22H24ClFN6O3. The van der Waals surface area contributed by atoms with Crippen LogP contribution in [-0.4, -0.2) is 58.6 Å². The third kappa shape index (κ3) is 4.49. The van der Waals surface area contributed by atoms with Gasteiger partial charge in [-0.1, -0.05) is 11.6 Å². The number of rotatable bonds is 5. The van der Waals surface area contributed by atoms with E-state index < -0.39 is 17.1 Å². The normalized spacial score (nSPS) is 14.6. The van der Waals surface area contributed by atoms with E-state index in [1.165, 1.54) is 13.1 Å². The largest absolute Gasteiger partial charge is 0.366 e. The van der Waals surface area contributed by atoms with E-state index in [-0.39, 0.29) is 34.2 Å². The molecule has 1 aliphatic heterocycles. The first-order chi connectivity index (χ1) is 15.8. The standard InChI is InChI=1S/C22H24ClFN6O3/c1-3-30-21(32)18-14(24)10-13(11-16(18)27-22(30)33)12-28-6-8-29(9-7-28)17-5-4-15(20(31)25-2)26-19(17)23/h4-5,10-11H,3,6-9,12H2,1-2H3,(H,25,31)(H,27,33). The topological polar surface area (TPSA) is 103 Å². The van der Waals surface area contributed by atoms with Crippen LogP contribution in [0.1, 0.15) is 23.0 Å². The highest BCUT2D eigenvalue weighted by Gasteiger charge is 2.21. The molecule has 0 atom stereocenters. The van der Waals surface area contributed by atoms with Crippen LogP contribution in [-0.2, 0) is 13.1 Å². The molecule has 1 aromatic carbocycles. The first-order valence-electron chi connectivity index (χ1n) is 10.6. The van der Waals surface area contributed by atoms with E-state index in [0.717, 1.165) is 10.3 Å². The molecule has 1 fully saturated rings. The van der Waals surface area contributed by atoms with Gasteiger partial charge in [0.05, 0.1) is 16.6 Å². The van der Waals surface area contributed by atoms with Crippen LogP contribution in [0.2, 0.25) is 5.15 Å². The van der Waals surface area contributed by atoms with Crippen LogP contribution in [0, 0.1) is 5.82 Å². The fourth-order valence-corrected chi connectivity index (χ4v) is 4.36. The molecule has 0 saturated carbocycles. The Morgan fingerprint density at radius 3 is 2.58 bits per heavy atom. The lowest BCUT2D eigenvalue weighted by molar-refractivity contribution is 0.0958. The second-order valence-electron chi connectivity index (χ2n) is 7.83. The summed E-state index contributed by atoms with van der Waals surface area (Å²) in [5.74, 6) is -0.940. The second-order valence-corrected chi connectivity index (χ2v) is 8.19. The zero-order valence-corrected chi connectivity index (χ0v) is 19.1. The number of halogens is 2. The maximum atomic E-state index is 14.7. The minimum absolute atomic E-state index is 0.104. The van der Waals surface area contributed by atoms with Gasteiger partial charge in [-0.2, -0.15) is 0 Å². The third-order valence-electron chi connectivity index (χ3n) is 5.82. The lowest BCUT2D eigenvalue weighted by Gasteiger charge is -2.36. The summed E-state index contributed by atoms with van der Waals surface area (Å²) in [6.45, 7) is 5.05. The molecule has 9 nitrogen and oxygen atoms in total. The minimum Gasteiger partial charge on any atom is -0.366 e. The number of hydrogen-bond donors (Lipinski definition) is 2. The van der Waals surface area contributed by atoms with Crippen molar-refractivity contribution in [3.8, 4) is 0 Å². The molecule has 4 rings (SSSR count). The van der Waals surface area contributed by atoms with E-state index in [9.17, 15) is 18.8 Å². The van der Waals surface area contributed by atoms with Crippen LogP contribution in [0.15, 0.2) is 33.9 Å². The second kappa shape index (κ2) is 9.32. The number of carbonyl (C=O) groups excluding carboxylic acids is 1. The Kier molecular flexibility index (Phi) is 6.48. The molecular weight excluding hydrogens is 451 g/mol. The molecule has 0 unspecified atom stereocenters. The number of carbonyl (C=O) groups is 1. The number of hydrogen-bond acceptors (Lipinski definition) is 6. The van der Waals surface area contributed by atoms with Crippen molar-refractivity contribution in [1.29, 1.82) is 0 Å². The highest BCUT2D eigenvalue weighted by atomic mass is 35.5. The molecule has 3 heterocycles. The lowest BCUT2D eigenvalue weighted by atomic mass is 10.1. The van der Waals surface area contributed by atoms with Gasteiger partial charge in [0.25, 0.3) is 11.5 Å². The van der Waals surface area contributed by atoms with E-state index in [1.54, 1.807) is 25.1 Å². The molecule has 1 aliphatic rings. The van der Waals surface area contributed by atoms with E-state index >= 15 is 0 Å². The van der Waals surface area contributed by atoms with Gasteiger partial charge in [0.15, 0.2) is 5.15 Å². The summed E-state index contributed by atoms with van der Waals surface area (Å²) < 4.78 is 15.7. The fourth-order valence-electron chi connectivity index (χ4n) is 4.09. The van der Waals surface area contributed by atoms with E-state index in [4.69, 9.17) is 11.6 Å². The molecule has 0 aliphatic carbocycles. The quantitative estimate of drug-likeness (QED) is 0.544. The number of nitrogens with zero attached hydrogens (tertiary/aromatic N) is 4. The van der Waals surface area contributed by atoms with Crippen molar-refractivity contribution < 1.29 is 9.18 Å². The number of anilines is 1. The van der Waals surface area contributed by atoms with E-state index in [0.29, 0.717) is 38.3 Å². The highest BCUT2D eigenvalue weighted by Crippen LogP contribution is 2.26. The van der Waals surface area contributed by atoms with Gasteiger partial charge >= 0.3 is 5.69 Å². The van der Waals surface area contributed by atoms with Gasteiger partial charge < -0.3 is 15.2 Å². The fraction of sp³-hybridized carbons (Fsp3) is 0.364. The van der Waals surface area contributed by atoms with Crippen molar-refractivity contribution in [1.82, 2.24) is 24.8 Å². The predicted octanol–water partition coefficient (Wildman–Crippen LogP) is 1.58. The Balaban J connectivity index is 1.48. The Morgan fingerprint density at radius 2 is 1.94 bits per heavy atom. The first kappa shape index (κ1) is 22.9. The predicted molar refractivity (Wildman–Crippen MR) is 125 cm³/mol. The molecule has 1 amide bonds. The van der Waals surface area contributed by atoms with Crippen molar-refractivity contribution in [2.75, 3.05) is 38.1 Å². The van der Waals surface area contributed by atoms with Crippen LogP contribution in [0.25, 0.3) is 10.9 Å². The molecule has 0 radical (unpaired) electrons. The minimum atomic E-state index is -0.640. The van der Waals surface area contributed by atoms with Gasteiger partial charge in [0.2, 0.25) is 0 Å². The highest BCUT2D eigenvalue weighted by molar-refractivity contribution is 6.32. The summed E-state index contributed by atoms with van der Waals surface area (Å²) in [6, 6.07) is 6.43. The molecule has 1 saturated heterocycles. The Morgan fingerprint density at radius 1 is 1.21 bits per heavy atom.